The molecule has 0 aromatic heterocycles. The molecule has 3 N–H and O–H groups in total. The largest absolute Gasteiger partial charge is 0.399 e. The van der Waals surface area contributed by atoms with E-state index < -0.39 is 11.9 Å². The Hall–Kier alpha value is -1.62. The summed E-state index contributed by atoms with van der Waals surface area (Å²) in [5, 5.41) is 2.44. The lowest BCUT2D eigenvalue weighted by Crippen LogP contribution is -2.28. The first-order valence-corrected chi connectivity index (χ1v) is 5.52. The number of amides is 1. The van der Waals surface area contributed by atoms with Crippen LogP contribution in [0.5, 0.6) is 0 Å². The van der Waals surface area contributed by atoms with E-state index in [9.17, 15) is 9.18 Å². The SMILES string of the molecule is CCCOC(C)C(=O)Nc1cc(N)ccc1F. The van der Waals surface area contributed by atoms with Gasteiger partial charge in [-0.25, -0.2) is 4.39 Å². The predicted molar refractivity (Wildman–Crippen MR) is 65.1 cm³/mol. The Morgan fingerprint density at radius 3 is 2.94 bits per heavy atom. The van der Waals surface area contributed by atoms with Crippen LogP contribution in [0.3, 0.4) is 0 Å². The number of nitrogens with two attached hydrogens (primary N) is 1. The normalized spacial score (nSPS) is 12.2. The molecule has 1 amide bonds. The average Bonchev–Trinajstić information content (AvgIpc) is 2.30. The second-order valence-corrected chi connectivity index (χ2v) is 3.74. The number of carbonyl (C=O) groups is 1. The molecule has 0 spiro atoms. The first kappa shape index (κ1) is 13.4. The van der Waals surface area contributed by atoms with Crippen molar-refractivity contribution < 1.29 is 13.9 Å². The number of carbonyl (C=O) groups excluding carboxylic acids is 1. The summed E-state index contributed by atoms with van der Waals surface area (Å²) in [5.41, 5.74) is 5.97. The first-order chi connectivity index (χ1) is 8.04. The summed E-state index contributed by atoms with van der Waals surface area (Å²) in [6.45, 7) is 4.06. The van der Waals surface area contributed by atoms with Gasteiger partial charge in [-0.3, -0.25) is 4.79 Å². The molecule has 0 saturated carbocycles. The van der Waals surface area contributed by atoms with Crippen molar-refractivity contribution >= 4 is 17.3 Å². The van der Waals surface area contributed by atoms with Gasteiger partial charge in [-0.1, -0.05) is 6.92 Å². The minimum atomic E-state index is -0.615. The summed E-state index contributed by atoms with van der Waals surface area (Å²) in [4.78, 5) is 11.6. The van der Waals surface area contributed by atoms with Crippen molar-refractivity contribution in [3.63, 3.8) is 0 Å². The molecule has 4 nitrogen and oxygen atoms in total. The van der Waals surface area contributed by atoms with Crippen LogP contribution in [0.15, 0.2) is 18.2 Å². The van der Waals surface area contributed by atoms with Gasteiger partial charge in [-0.2, -0.15) is 0 Å². The molecule has 0 aliphatic heterocycles. The van der Waals surface area contributed by atoms with E-state index in [0.717, 1.165) is 6.42 Å². The van der Waals surface area contributed by atoms with Crippen molar-refractivity contribution in [1.82, 2.24) is 0 Å². The molecule has 1 rings (SSSR count). The predicted octanol–water partition coefficient (Wildman–Crippen LogP) is 2.16. The Morgan fingerprint density at radius 1 is 1.59 bits per heavy atom. The lowest BCUT2D eigenvalue weighted by Gasteiger charge is -2.13. The molecule has 0 aliphatic carbocycles. The summed E-state index contributed by atoms with van der Waals surface area (Å²) in [6.07, 6.45) is 0.209. The smallest absolute Gasteiger partial charge is 0.253 e. The molecule has 0 fully saturated rings. The highest BCUT2D eigenvalue weighted by Crippen LogP contribution is 2.17. The first-order valence-electron chi connectivity index (χ1n) is 5.52. The number of benzene rings is 1. The molecule has 5 heteroatoms. The zero-order chi connectivity index (χ0) is 12.8. The monoisotopic (exact) mass is 240 g/mol. The Balaban J connectivity index is 2.64. The maximum absolute atomic E-state index is 13.3. The summed E-state index contributed by atoms with van der Waals surface area (Å²) in [5.74, 6) is -0.904. The van der Waals surface area contributed by atoms with Crippen molar-refractivity contribution in [3.05, 3.63) is 24.0 Å². The summed E-state index contributed by atoms with van der Waals surface area (Å²) >= 11 is 0. The fourth-order valence-corrected chi connectivity index (χ4v) is 1.24. The van der Waals surface area contributed by atoms with Crippen LogP contribution in [-0.4, -0.2) is 18.6 Å². The van der Waals surface area contributed by atoms with Gasteiger partial charge in [0.15, 0.2) is 0 Å². The van der Waals surface area contributed by atoms with Gasteiger partial charge >= 0.3 is 0 Å². The number of hydrogen-bond acceptors (Lipinski definition) is 3. The van der Waals surface area contributed by atoms with Crippen LogP contribution >= 0.6 is 0 Å². The second kappa shape index (κ2) is 6.20. The van der Waals surface area contributed by atoms with Gasteiger partial charge in [-0.05, 0) is 31.5 Å². The van der Waals surface area contributed by atoms with E-state index in [2.05, 4.69) is 5.32 Å². The van der Waals surface area contributed by atoms with Crippen molar-refractivity contribution in [2.45, 2.75) is 26.4 Å². The molecular weight excluding hydrogens is 223 g/mol. The zero-order valence-electron chi connectivity index (χ0n) is 10.00. The van der Waals surface area contributed by atoms with Crippen molar-refractivity contribution in [3.8, 4) is 0 Å². The van der Waals surface area contributed by atoms with Crippen LogP contribution in [-0.2, 0) is 9.53 Å². The number of hydrogen-bond donors (Lipinski definition) is 2. The summed E-state index contributed by atoms with van der Waals surface area (Å²) in [6, 6.07) is 4.02. The molecule has 0 bridgehead atoms. The number of anilines is 2. The van der Waals surface area contributed by atoms with Crippen LogP contribution < -0.4 is 11.1 Å². The third-order valence-corrected chi connectivity index (χ3v) is 2.19. The van der Waals surface area contributed by atoms with E-state index >= 15 is 0 Å². The quantitative estimate of drug-likeness (QED) is 0.775. The highest BCUT2D eigenvalue weighted by atomic mass is 19.1. The molecule has 1 atom stereocenters. The number of nitrogens with one attached hydrogen (secondary N) is 1. The Labute approximate surface area is 100.0 Å². The summed E-state index contributed by atoms with van der Waals surface area (Å²) < 4.78 is 18.6. The maximum atomic E-state index is 13.3. The van der Waals surface area contributed by atoms with E-state index in [1.165, 1.54) is 18.2 Å². The van der Waals surface area contributed by atoms with E-state index in [1.54, 1.807) is 6.92 Å². The molecule has 0 heterocycles. The van der Waals surface area contributed by atoms with Crippen LogP contribution in [0.25, 0.3) is 0 Å². The molecule has 0 radical (unpaired) electrons. The number of nitrogen functional groups attached to an aromatic ring is 1. The van der Waals surface area contributed by atoms with Gasteiger partial charge in [0.05, 0.1) is 5.69 Å². The fourth-order valence-electron chi connectivity index (χ4n) is 1.24. The molecule has 94 valence electrons. The minimum absolute atomic E-state index is 0.0712. The highest BCUT2D eigenvalue weighted by Gasteiger charge is 2.14. The zero-order valence-corrected chi connectivity index (χ0v) is 10.00. The van der Waals surface area contributed by atoms with Gasteiger partial charge in [0.2, 0.25) is 0 Å². The second-order valence-electron chi connectivity index (χ2n) is 3.74. The average molecular weight is 240 g/mol. The Morgan fingerprint density at radius 2 is 2.29 bits per heavy atom. The topological polar surface area (TPSA) is 64.3 Å². The van der Waals surface area contributed by atoms with Crippen LogP contribution in [0, 0.1) is 5.82 Å². The lowest BCUT2D eigenvalue weighted by atomic mass is 10.2. The van der Waals surface area contributed by atoms with Crippen LogP contribution in [0.2, 0.25) is 0 Å². The van der Waals surface area contributed by atoms with Crippen molar-refractivity contribution in [1.29, 1.82) is 0 Å². The molecule has 1 aromatic rings. The Bertz CT molecular complexity index is 396. The van der Waals surface area contributed by atoms with Gasteiger partial charge < -0.3 is 15.8 Å². The van der Waals surface area contributed by atoms with Gasteiger partial charge in [-0.15, -0.1) is 0 Å². The molecule has 0 aliphatic rings. The highest BCUT2D eigenvalue weighted by molar-refractivity contribution is 5.94. The molecule has 0 saturated heterocycles. The fraction of sp³-hybridized carbons (Fsp3) is 0.417. The number of ether oxygens (including phenoxy) is 1. The standard InChI is InChI=1S/C12H17FN2O2/c1-3-6-17-8(2)12(16)15-11-7-9(14)4-5-10(11)13/h4-5,7-8H,3,6,14H2,1-2H3,(H,15,16). The van der Waals surface area contributed by atoms with Crippen molar-refractivity contribution in [2.75, 3.05) is 17.7 Å². The molecule has 17 heavy (non-hydrogen) atoms. The van der Waals surface area contributed by atoms with Gasteiger partial charge in [0, 0.05) is 12.3 Å². The third kappa shape index (κ3) is 4.03. The maximum Gasteiger partial charge on any atom is 0.253 e. The van der Waals surface area contributed by atoms with E-state index in [0.29, 0.717) is 12.3 Å². The number of halogens is 1. The van der Waals surface area contributed by atoms with E-state index in [4.69, 9.17) is 10.5 Å². The van der Waals surface area contributed by atoms with E-state index in [1.807, 2.05) is 6.92 Å². The van der Waals surface area contributed by atoms with Crippen LogP contribution in [0.4, 0.5) is 15.8 Å². The van der Waals surface area contributed by atoms with Crippen LogP contribution in [0.1, 0.15) is 20.3 Å². The lowest BCUT2D eigenvalue weighted by molar-refractivity contribution is -0.126. The van der Waals surface area contributed by atoms with Gasteiger partial charge in [0.1, 0.15) is 11.9 Å². The van der Waals surface area contributed by atoms with Gasteiger partial charge in [0.25, 0.3) is 5.91 Å². The van der Waals surface area contributed by atoms with Crippen molar-refractivity contribution in [2.24, 2.45) is 0 Å². The minimum Gasteiger partial charge on any atom is -0.399 e. The summed E-state index contributed by atoms with van der Waals surface area (Å²) in [7, 11) is 0. The van der Waals surface area contributed by atoms with E-state index in [-0.39, 0.29) is 11.6 Å². The molecule has 1 unspecified atom stereocenters. The molecule has 1 aromatic carbocycles. The molecular formula is C12H17FN2O2. The Kier molecular flexibility index (Phi) is 4.90. The third-order valence-electron chi connectivity index (χ3n) is 2.19. The number of rotatable bonds is 5.